The van der Waals surface area contributed by atoms with E-state index in [1.54, 1.807) is 7.11 Å². The van der Waals surface area contributed by atoms with Crippen LogP contribution in [0.1, 0.15) is 20.3 Å². The number of nitrogens with zero attached hydrogens (tertiary/aromatic N) is 1. The van der Waals surface area contributed by atoms with Crippen LogP contribution in [0.2, 0.25) is 0 Å². The summed E-state index contributed by atoms with van der Waals surface area (Å²) in [6, 6.07) is 0.435. The van der Waals surface area contributed by atoms with E-state index in [1.165, 1.54) is 6.42 Å². The van der Waals surface area contributed by atoms with Crippen molar-refractivity contribution in [2.75, 3.05) is 33.1 Å². The molecule has 3 unspecified atom stereocenters. The highest BCUT2D eigenvalue weighted by molar-refractivity contribution is 8.00. The molecule has 1 heterocycles. The van der Waals surface area contributed by atoms with Crippen LogP contribution < -0.4 is 5.73 Å². The number of hydrogen-bond acceptors (Lipinski definition) is 4. The summed E-state index contributed by atoms with van der Waals surface area (Å²) in [4.78, 5) is 2.41. The van der Waals surface area contributed by atoms with E-state index in [4.69, 9.17) is 10.5 Å². The van der Waals surface area contributed by atoms with Gasteiger partial charge >= 0.3 is 0 Å². The molecule has 0 aliphatic carbocycles. The zero-order valence-corrected chi connectivity index (χ0v) is 11.1. The van der Waals surface area contributed by atoms with Crippen molar-refractivity contribution in [2.24, 2.45) is 5.73 Å². The minimum atomic E-state index is 0.183. The van der Waals surface area contributed by atoms with Gasteiger partial charge < -0.3 is 10.5 Å². The third-order valence-electron chi connectivity index (χ3n) is 3.50. The maximum Gasteiger partial charge on any atom is 0.0615 e. The van der Waals surface area contributed by atoms with Gasteiger partial charge in [-0.2, -0.15) is 11.8 Å². The van der Waals surface area contributed by atoms with Crippen molar-refractivity contribution < 1.29 is 4.74 Å². The quantitative estimate of drug-likeness (QED) is 0.772. The number of methoxy groups -OCH3 is 1. The Morgan fingerprint density at radius 3 is 2.73 bits per heavy atom. The Hall–Kier alpha value is 0.230. The first-order valence-electron chi connectivity index (χ1n) is 5.59. The van der Waals surface area contributed by atoms with Crippen LogP contribution in [-0.2, 0) is 4.74 Å². The zero-order chi connectivity index (χ0) is 11.5. The van der Waals surface area contributed by atoms with Gasteiger partial charge in [0.1, 0.15) is 0 Å². The number of ether oxygens (including phenoxy) is 1. The molecule has 0 aromatic rings. The highest BCUT2D eigenvalue weighted by atomic mass is 32.2. The summed E-state index contributed by atoms with van der Waals surface area (Å²) in [7, 11) is 3.93. The molecule has 1 rings (SSSR count). The lowest BCUT2D eigenvalue weighted by Crippen LogP contribution is -2.56. The number of hydrogen-bond donors (Lipinski definition) is 1. The van der Waals surface area contributed by atoms with Gasteiger partial charge in [-0.25, -0.2) is 0 Å². The molecule has 1 aliphatic heterocycles. The van der Waals surface area contributed by atoms with Crippen LogP contribution in [0.15, 0.2) is 0 Å². The third kappa shape index (κ3) is 2.87. The number of nitrogens with two attached hydrogens (primary N) is 1. The molecule has 1 fully saturated rings. The molecule has 0 aromatic carbocycles. The van der Waals surface area contributed by atoms with E-state index in [1.807, 2.05) is 11.8 Å². The van der Waals surface area contributed by atoms with Gasteiger partial charge in [0, 0.05) is 36.2 Å². The summed E-state index contributed by atoms with van der Waals surface area (Å²) in [5.41, 5.74) is 6.15. The topological polar surface area (TPSA) is 38.5 Å². The summed E-state index contributed by atoms with van der Waals surface area (Å²) in [5, 5.41) is 0.728. The minimum absolute atomic E-state index is 0.183. The van der Waals surface area contributed by atoms with Crippen molar-refractivity contribution in [1.82, 2.24) is 4.90 Å². The Morgan fingerprint density at radius 1 is 1.67 bits per heavy atom. The van der Waals surface area contributed by atoms with Gasteiger partial charge in [-0.15, -0.1) is 0 Å². The first-order valence-corrected chi connectivity index (χ1v) is 6.64. The number of likely N-dealkylation sites (N-methyl/N-ethyl adjacent to an activating group) is 1. The molecule has 15 heavy (non-hydrogen) atoms. The summed E-state index contributed by atoms with van der Waals surface area (Å²) in [5.74, 6) is 1.15. The van der Waals surface area contributed by atoms with Gasteiger partial charge in [0.25, 0.3) is 0 Å². The summed E-state index contributed by atoms with van der Waals surface area (Å²) < 4.78 is 5.21. The number of rotatable bonds is 5. The molecule has 0 spiro atoms. The van der Waals surface area contributed by atoms with Crippen LogP contribution in [0.5, 0.6) is 0 Å². The summed E-state index contributed by atoms with van der Waals surface area (Å²) in [6.45, 7) is 6.01. The Bertz CT molecular complexity index is 203. The van der Waals surface area contributed by atoms with Gasteiger partial charge in [0.05, 0.1) is 6.61 Å². The lowest BCUT2D eigenvalue weighted by Gasteiger charge is -2.41. The lowest BCUT2D eigenvalue weighted by molar-refractivity contribution is 0.0492. The van der Waals surface area contributed by atoms with E-state index in [-0.39, 0.29) is 5.54 Å². The molecule has 4 heteroatoms. The molecule has 0 radical (unpaired) electrons. The maximum absolute atomic E-state index is 5.97. The minimum Gasteiger partial charge on any atom is -0.383 e. The molecule has 90 valence electrons. The smallest absolute Gasteiger partial charge is 0.0615 e. The highest BCUT2D eigenvalue weighted by Gasteiger charge is 2.41. The fourth-order valence-corrected chi connectivity index (χ4v) is 3.77. The van der Waals surface area contributed by atoms with Crippen molar-refractivity contribution in [3.63, 3.8) is 0 Å². The Balaban J connectivity index is 2.65. The molecule has 3 atom stereocenters. The Morgan fingerprint density at radius 2 is 2.33 bits per heavy atom. The van der Waals surface area contributed by atoms with E-state index in [9.17, 15) is 0 Å². The lowest BCUT2D eigenvalue weighted by atomic mass is 9.93. The second-order valence-corrected chi connectivity index (χ2v) is 6.10. The Kier molecular flexibility index (Phi) is 4.90. The van der Waals surface area contributed by atoms with Crippen LogP contribution in [0.4, 0.5) is 0 Å². The van der Waals surface area contributed by atoms with Gasteiger partial charge in [-0.05, 0) is 20.4 Å². The number of thioether (sulfide) groups is 1. The normalized spacial score (nSPS) is 33.6. The van der Waals surface area contributed by atoms with Crippen LogP contribution in [0.3, 0.4) is 0 Å². The molecule has 0 aromatic heterocycles. The predicted octanol–water partition coefficient (Wildman–Crippen LogP) is 1.18. The van der Waals surface area contributed by atoms with Crippen LogP contribution in [-0.4, -0.2) is 54.8 Å². The van der Waals surface area contributed by atoms with Crippen molar-refractivity contribution >= 4 is 11.8 Å². The van der Waals surface area contributed by atoms with Crippen molar-refractivity contribution in [3.8, 4) is 0 Å². The fraction of sp³-hybridized carbons (Fsp3) is 1.00. The van der Waals surface area contributed by atoms with Gasteiger partial charge in [-0.3, -0.25) is 4.90 Å². The summed E-state index contributed by atoms with van der Waals surface area (Å²) in [6.07, 6.45) is 1.19. The van der Waals surface area contributed by atoms with E-state index >= 15 is 0 Å². The molecule has 1 saturated heterocycles. The van der Waals surface area contributed by atoms with Crippen molar-refractivity contribution in [2.45, 2.75) is 37.1 Å². The molecule has 0 bridgehead atoms. The Labute approximate surface area is 97.7 Å². The molecular formula is C11H24N2OS. The van der Waals surface area contributed by atoms with Crippen LogP contribution in [0.25, 0.3) is 0 Å². The molecule has 1 aliphatic rings. The van der Waals surface area contributed by atoms with E-state index < -0.39 is 0 Å². The highest BCUT2D eigenvalue weighted by Crippen LogP contribution is 2.38. The van der Waals surface area contributed by atoms with E-state index in [2.05, 4.69) is 25.8 Å². The van der Waals surface area contributed by atoms with Crippen molar-refractivity contribution in [3.05, 3.63) is 0 Å². The zero-order valence-electron chi connectivity index (χ0n) is 10.3. The third-order valence-corrected chi connectivity index (χ3v) is 4.94. The van der Waals surface area contributed by atoms with Gasteiger partial charge in [-0.1, -0.05) is 6.92 Å². The molecule has 2 N–H and O–H groups in total. The monoisotopic (exact) mass is 232 g/mol. The molecule has 0 amide bonds. The maximum atomic E-state index is 5.97. The molecule has 3 nitrogen and oxygen atoms in total. The fourth-order valence-electron chi connectivity index (χ4n) is 2.30. The van der Waals surface area contributed by atoms with Crippen LogP contribution >= 0.6 is 11.8 Å². The second kappa shape index (κ2) is 5.53. The van der Waals surface area contributed by atoms with E-state index in [0.717, 1.165) is 24.2 Å². The molecular weight excluding hydrogens is 208 g/mol. The summed E-state index contributed by atoms with van der Waals surface area (Å²) >= 11 is 2.03. The standard InChI is InChI=1S/C11H24N2OS/c1-9(6-14-4)13(3)11(7-12)5-10(2)15-8-11/h9-10H,5-8,12H2,1-4H3. The first kappa shape index (κ1) is 13.3. The van der Waals surface area contributed by atoms with Crippen molar-refractivity contribution in [1.29, 1.82) is 0 Å². The average Bonchev–Trinajstić information content (AvgIpc) is 2.60. The average molecular weight is 232 g/mol. The predicted molar refractivity (Wildman–Crippen MR) is 67.4 cm³/mol. The van der Waals surface area contributed by atoms with Gasteiger partial charge in [0.2, 0.25) is 0 Å². The SMILES string of the molecule is COCC(C)N(C)C1(CN)CSC(C)C1. The van der Waals surface area contributed by atoms with Gasteiger partial charge in [0.15, 0.2) is 0 Å². The van der Waals surface area contributed by atoms with Crippen LogP contribution in [0, 0.1) is 0 Å². The van der Waals surface area contributed by atoms with E-state index in [0.29, 0.717) is 6.04 Å². The molecule has 0 saturated carbocycles. The second-order valence-electron chi connectivity index (χ2n) is 4.67. The first-order chi connectivity index (χ1) is 7.05. The largest absolute Gasteiger partial charge is 0.383 e.